The highest BCUT2D eigenvalue weighted by Crippen LogP contribution is 2.12. The third kappa shape index (κ3) is 4.66. The SMILES string of the molecule is CC(NC(=O)COC(=O)c1cncc(Br)c1)c1ccccc1. The molecule has 0 aliphatic rings. The van der Waals surface area contributed by atoms with Gasteiger partial charge in [-0.05, 0) is 34.5 Å². The van der Waals surface area contributed by atoms with E-state index in [1.54, 1.807) is 12.3 Å². The van der Waals surface area contributed by atoms with Crippen LogP contribution in [0.3, 0.4) is 0 Å². The summed E-state index contributed by atoms with van der Waals surface area (Å²) < 4.78 is 5.64. The van der Waals surface area contributed by atoms with Crippen LogP contribution in [0.4, 0.5) is 0 Å². The molecule has 1 heterocycles. The Bertz CT molecular complexity index is 661. The predicted octanol–water partition coefficient (Wildman–Crippen LogP) is 2.88. The van der Waals surface area contributed by atoms with E-state index in [2.05, 4.69) is 26.2 Å². The first-order valence-corrected chi connectivity index (χ1v) is 7.47. The van der Waals surface area contributed by atoms with E-state index in [-0.39, 0.29) is 18.6 Å². The Labute approximate surface area is 136 Å². The molecule has 1 aromatic carbocycles. The second-order valence-electron chi connectivity index (χ2n) is 4.67. The Balaban J connectivity index is 1.84. The van der Waals surface area contributed by atoms with Crippen molar-refractivity contribution in [3.05, 3.63) is 64.4 Å². The van der Waals surface area contributed by atoms with Crippen molar-refractivity contribution in [2.24, 2.45) is 0 Å². The Morgan fingerprint density at radius 2 is 2.00 bits per heavy atom. The van der Waals surface area contributed by atoms with Gasteiger partial charge in [0.1, 0.15) is 0 Å². The zero-order valence-electron chi connectivity index (χ0n) is 12.0. The highest BCUT2D eigenvalue weighted by molar-refractivity contribution is 9.10. The monoisotopic (exact) mass is 362 g/mol. The normalized spacial score (nSPS) is 11.5. The zero-order chi connectivity index (χ0) is 15.9. The lowest BCUT2D eigenvalue weighted by Gasteiger charge is -2.14. The van der Waals surface area contributed by atoms with E-state index in [1.165, 1.54) is 6.20 Å². The van der Waals surface area contributed by atoms with Crippen LogP contribution in [0.15, 0.2) is 53.3 Å². The van der Waals surface area contributed by atoms with Gasteiger partial charge in [0, 0.05) is 16.9 Å². The van der Waals surface area contributed by atoms with Crippen LogP contribution < -0.4 is 5.32 Å². The van der Waals surface area contributed by atoms with Gasteiger partial charge in [-0.3, -0.25) is 9.78 Å². The smallest absolute Gasteiger partial charge is 0.340 e. The van der Waals surface area contributed by atoms with Crippen molar-refractivity contribution in [1.29, 1.82) is 0 Å². The van der Waals surface area contributed by atoms with E-state index in [4.69, 9.17) is 4.74 Å². The minimum absolute atomic E-state index is 0.153. The van der Waals surface area contributed by atoms with Crippen LogP contribution in [0.2, 0.25) is 0 Å². The molecule has 0 fully saturated rings. The van der Waals surface area contributed by atoms with E-state index >= 15 is 0 Å². The summed E-state index contributed by atoms with van der Waals surface area (Å²) in [6, 6.07) is 11.0. The first kappa shape index (κ1) is 16.2. The molecular weight excluding hydrogens is 348 g/mol. The quantitative estimate of drug-likeness (QED) is 0.830. The molecule has 22 heavy (non-hydrogen) atoms. The number of carbonyl (C=O) groups is 2. The van der Waals surface area contributed by atoms with Gasteiger partial charge in [-0.15, -0.1) is 0 Å². The number of ether oxygens (including phenoxy) is 1. The van der Waals surface area contributed by atoms with Gasteiger partial charge in [0.25, 0.3) is 5.91 Å². The molecule has 0 spiro atoms. The number of esters is 1. The second kappa shape index (κ2) is 7.70. The molecule has 1 N–H and O–H groups in total. The fourth-order valence-electron chi connectivity index (χ4n) is 1.85. The highest BCUT2D eigenvalue weighted by Gasteiger charge is 2.13. The lowest BCUT2D eigenvalue weighted by molar-refractivity contribution is -0.124. The number of hydrogen-bond acceptors (Lipinski definition) is 4. The topological polar surface area (TPSA) is 68.3 Å². The average Bonchev–Trinajstić information content (AvgIpc) is 2.53. The van der Waals surface area contributed by atoms with Crippen molar-refractivity contribution >= 4 is 27.8 Å². The van der Waals surface area contributed by atoms with Crippen molar-refractivity contribution in [1.82, 2.24) is 10.3 Å². The molecule has 2 rings (SSSR count). The summed E-state index contributed by atoms with van der Waals surface area (Å²) in [6.45, 7) is 1.54. The predicted molar refractivity (Wildman–Crippen MR) is 85.2 cm³/mol. The van der Waals surface area contributed by atoms with E-state index in [0.29, 0.717) is 10.0 Å². The summed E-state index contributed by atoms with van der Waals surface area (Å²) in [7, 11) is 0. The van der Waals surface area contributed by atoms with E-state index in [1.807, 2.05) is 37.3 Å². The number of rotatable bonds is 5. The molecule has 0 aliphatic heterocycles. The second-order valence-corrected chi connectivity index (χ2v) is 5.58. The Morgan fingerprint density at radius 3 is 2.68 bits per heavy atom. The van der Waals surface area contributed by atoms with Crippen LogP contribution in [0.5, 0.6) is 0 Å². The fraction of sp³-hybridized carbons (Fsp3) is 0.188. The molecule has 6 heteroatoms. The molecule has 0 bridgehead atoms. The molecule has 5 nitrogen and oxygen atoms in total. The maximum Gasteiger partial charge on any atom is 0.340 e. The third-order valence-corrected chi connectivity index (χ3v) is 3.39. The number of amides is 1. The Morgan fingerprint density at radius 1 is 1.27 bits per heavy atom. The standard InChI is InChI=1S/C16H15BrN2O3/c1-11(12-5-3-2-4-6-12)19-15(20)10-22-16(21)13-7-14(17)9-18-8-13/h2-9,11H,10H2,1H3,(H,19,20). The van der Waals surface area contributed by atoms with Gasteiger partial charge >= 0.3 is 5.97 Å². The number of nitrogens with one attached hydrogen (secondary N) is 1. The van der Waals surface area contributed by atoms with Gasteiger partial charge < -0.3 is 10.1 Å². The maximum atomic E-state index is 11.8. The molecular formula is C16H15BrN2O3. The molecule has 114 valence electrons. The number of benzene rings is 1. The number of nitrogens with zero attached hydrogens (tertiary/aromatic N) is 1. The molecule has 0 saturated carbocycles. The largest absolute Gasteiger partial charge is 0.452 e. The summed E-state index contributed by atoms with van der Waals surface area (Å²) in [4.78, 5) is 27.5. The summed E-state index contributed by atoms with van der Waals surface area (Å²) in [5.41, 5.74) is 1.27. The van der Waals surface area contributed by atoms with Gasteiger partial charge in [-0.25, -0.2) is 4.79 Å². The van der Waals surface area contributed by atoms with Gasteiger partial charge in [-0.1, -0.05) is 30.3 Å². The highest BCUT2D eigenvalue weighted by atomic mass is 79.9. The summed E-state index contributed by atoms with van der Waals surface area (Å²) >= 11 is 3.22. The Hall–Kier alpha value is -2.21. The lowest BCUT2D eigenvalue weighted by Crippen LogP contribution is -2.31. The minimum atomic E-state index is -0.587. The number of carbonyl (C=O) groups excluding carboxylic acids is 2. The van der Waals surface area contributed by atoms with Crippen molar-refractivity contribution in [3.63, 3.8) is 0 Å². The van der Waals surface area contributed by atoms with Gasteiger partial charge in [0.15, 0.2) is 6.61 Å². The first-order valence-electron chi connectivity index (χ1n) is 6.68. The van der Waals surface area contributed by atoms with Crippen LogP contribution in [-0.4, -0.2) is 23.5 Å². The fourth-order valence-corrected chi connectivity index (χ4v) is 2.21. The van der Waals surface area contributed by atoms with E-state index in [0.717, 1.165) is 5.56 Å². The molecule has 1 atom stereocenters. The number of aromatic nitrogens is 1. The maximum absolute atomic E-state index is 11.8. The molecule has 2 aromatic rings. The molecule has 0 radical (unpaired) electrons. The third-order valence-electron chi connectivity index (χ3n) is 2.95. The number of pyridine rings is 1. The van der Waals surface area contributed by atoms with Crippen LogP contribution in [0.1, 0.15) is 28.9 Å². The zero-order valence-corrected chi connectivity index (χ0v) is 13.5. The molecule has 0 saturated heterocycles. The van der Waals surface area contributed by atoms with Gasteiger partial charge in [-0.2, -0.15) is 0 Å². The molecule has 0 aliphatic carbocycles. The summed E-state index contributed by atoms with van der Waals surface area (Å²) in [6.07, 6.45) is 2.95. The molecule has 1 aromatic heterocycles. The number of halogens is 1. The summed E-state index contributed by atoms with van der Waals surface area (Å²) in [5.74, 6) is -0.941. The minimum Gasteiger partial charge on any atom is -0.452 e. The van der Waals surface area contributed by atoms with Crippen molar-refractivity contribution in [2.75, 3.05) is 6.61 Å². The van der Waals surface area contributed by atoms with Crippen LogP contribution >= 0.6 is 15.9 Å². The first-order chi connectivity index (χ1) is 10.6. The molecule has 1 unspecified atom stereocenters. The van der Waals surface area contributed by atoms with Gasteiger partial charge in [0.05, 0.1) is 11.6 Å². The van der Waals surface area contributed by atoms with Crippen molar-refractivity contribution < 1.29 is 14.3 Å². The van der Waals surface area contributed by atoms with E-state index < -0.39 is 5.97 Å². The molecule has 1 amide bonds. The van der Waals surface area contributed by atoms with Gasteiger partial charge in [0.2, 0.25) is 0 Å². The summed E-state index contributed by atoms with van der Waals surface area (Å²) in [5, 5.41) is 2.77. The van der Waals surface area contributed by atoms with Crippen LogP contribution in [0.25, 0.3) is 0 Å². The number of hydrogen-bond donors (Lipinski definition) is 1. The lowest BCUT2D eigenvalue weighted by atomic mass is 10.1. The van der Waals surface area contributed by atoms with Crippen LogP contribution in [-0.2, 0) is 9.53 Å². The van der Waals surface area contributed by atoms with E-state index in [9.17, 15) is 9.59 Å². The average molecular weight is 363 g/mol. The van der Waals surface area contributed by atoms with Crippen molar-refractivity contribution in [3.8, 4) is 0 Å². The Kier molecular flexibility index (Phi) is 5.66. The van der Waals surface area contributed by atoms with Crippen LogP contribution in [0, 0.1) is 0 Å². The van der Waals surface area contributed by atoms with Crippen molar-refractivity contribution in [2.45, 2.75) is 13.0 Å².